The van der Waals surface area contributed by atoms with Gasteiger partial charge >= 0.3 is 12.0 Å². The van der Waals surface area contributed by atoms with Crippen LogP contribution >= 0.6 is 11.8 Å². The number of carboxylic acid groups (broad SMARTS) is 1. The van der Waals surface area contributed by atoms with E-state index in [0.29, 0.717) is 0 Å². The van der Waals surface area contributed by atoms with Crippen LogP contribution in [0.3, 0.4) is 0 Å². The van der Waals surface area contributed by atoms with Crippen molar-refractivity contribution in [3.63, 3.8) is 0 Å². The van der Waals surface area contributed by atoms with E-state index in [1.807, 2.05) is 5.32 Å². The first-order chi connectivity index (χ1) is 9.81. The minimum Gasteiger partial charge on any atom is -0.480 e. The van der Waals surface area contributed by atoms with Crippen LogP contribution in [0.15, 0.2) is 29.2 Å². The summed E-state index contributed by atoms with van der Waals surface area (Å²) in [4.78, 5) is 22.7. The second-order valence-corrected chi connectivity index (χ2v) is 5.06. The van der Waals surface area contributed by atoms with Crippen molar-refractivity contribution in [2.24, 2.45) is 0 Å². The summed E-state index contributed by atoms with van der Waals surface area (Å²) in [6.45, 7) is 1.21. The molecule has 0 saturated heterocycles. The number of rotatable bonds is 6. The van der Waals surface area contributed by atoms with Crippen molar-refractivity contribution in [3.05, 3.63) is 24.3 Å². The molecule has 1 aromatic carbocycles. The van der Waals surface area contributed by atoms with Crippen molar-refractivity contribution >= 4 is 29.4 Å². The topological polar surface area (TPSA) is 98.7 Å². The molecule has 1 rings (SSSR count). The van der Waals surface area contributed by atoms with E-state index in [1.165, 1.54) is 31.2 Å². The lowest BCUT2D eigenvalue weighted by atomic mass is 10.2. The molecule has 2 atom stereocenters. The van der Waals surface area contributed by atoms with Gasteiger partial charge in [-0.05, 0) is 19.1 Å². The Morgan fingerprint density at radius 1 is 1.29 bits per heavy atom. The van der Waals surface area contributed by atoms with Crippen molar-refractivity contribution in [2.75, 3.05) is 5.32 Å². The predicted molar refractivity (Wildman–Crippen MR) is 73.6 cm³/mol. The third-order valence-corrected chi connectivity index (χ3v) is 3.17. The number of anilines is 1. The van der Waals surface area contributed by atoms with E-state index in [1.54, 1.807) is 0 Å². The van der Waals surface area contributed by atoms with Crippen LogP contribution in [0.25, 0.3) is 0 Å². The molecule has 0 bridgehead atoms. The summed E-state index contributed by atoms with van der Waals surface area (Å²) < 4.78 is 24.8. The van der Waals surface area contributed by atoms with Crippen molar-refractivity contribution in [1.29, 1.82) is 0 Å². The van der Waals surface area contributed by atoms with Gasteiger partial charge in [-0.25, -0.2) is 9.59 Å². The van der Waals surface area contributed by atoms with Gasteiger partial charge in [0, 0.05) is 4.90 Å². The number of hydrogen-bond acceptors (Lipinski definition) is 4. The van der Waals surface area contributed by atoms with Crippen molar-refractivity contribution < 1.29 is 28.6 Å². The molecule has 0 heterocycles. The van der Waals surface area contributed by atoms with Gasteiger partial charge in [-0.3, -0.25) is 0 Å². The Balaban J connectivity index is 2.77. The molecule has 1 aromatic rings. The van der Waals surface area contributed by atoms with Crippen LogP contribution in [0.4, 0.5) is 19.3 Å². The van der Waals surface area contributed by atoms with Crippen LogP contribution in [0, 0.1) is 0 Å². The van der Waals surface area contributed by atoms with Crippen molar-refractivity contribution in [2.45, 2.75) is 29.7 Å². The summed E-state index contributed by atoms with van der Waals surface area (Å²) in [5.41, 5.74) is 0.120. The number of halogens is 2. The molecular formula is C12H14F2N2O4S. The van der Waals surface area contributed by atoms with Gasteiger partial charge in [0.1, 0.15) is 0 Å². The highest BCUT2D eigenvalue weighted by atomic mass is 32.2. The summed E-state index contributed by atoms with van der Waals surface area (Å²) in [7, 11) is 0. The number of aliphatic hydroxyl groups is 1. The largest absolute Gasteiger partial charge is 0.480 e. The number of nitrogens with one attached hydrogen (secondary N) is 2. The highest BCUT2D eigenvalue weighted by Gasteiger charge is 2.25. The molecule has 0 aliphatic heterocycles. The summed E-state index contributed by atoms with van der Waals surface area (Å²) >= 11 is 0.257. The molecule has 6 nitrogen and oxygen atoms in total. The van der Waals surface area contributed by atoms with Gasteiger partial charge in [0.25, 0.3) is 5.76 Å². The van der Waals surface area contributed by atoms with Crippen LogP contribution < -0.4 is 10.6 Å². The fourth-order valence-electron chi connectivity index (χ4n) is 1.46. The second-order valence-electron chi connectivity index (χ2n) is 4.03. The van der Waals surface area contributed by atoms with Crippen LogP contribution in [-0.2, 0) is 4.79 Å². The van der Waals surface area contributed by atoms with Crippen LogP contribution in [0.2, 0.25) is 0 Å². The highest BCUT2D eigenvalue weighted by Crippen LogP contribution is 2.31. The lowest BCUT2D eigenvalue weighted by Crippen LogP contribution is -2.49. The van der Waals surface area contributed by atoms with Crippen LogP contribution in [0.1, 0.15) is 6.92 Å². The maximum Gasteiger partial charge on any atom is 0.328 e. The normalized spacial score (nSPS) is 13.6. The van der Waals surface area contributed by atoms with Gasteiger partial charge in [0.2, 0.25) is 0 Å². The maximum atomic E-state index is 12.4. The fraction of sp³-hybridized carbons (Fsp3) is 0.333. The first-order valence-corrected chi connectivity index (χ1v) is 6.71. The summed E-state index contributed by atoms with van der Waals surface area (Å²) in [5.74, 6) is -4.06. The van der Waals surface area contributed by atoms with E-state index in [2.05, 4.69) is 5.32 Å². The number of carbonyl (C=O) groups excluding carboxylic acids is 1. The van der Waals surface area contributed by atoms with Crippen molar-refractivity contribution in [1.82, 2.24) is 5.32 Å². The highest BCUT2D eigenvalue weighted by molar-refractivity contribution is 7.99. The zero-order valence-corrected chi connectivity index (χ0v) is 11.7. The fourth-order valence-corrected chi connectivity index (χ4v) is 2.05. The summed E-state index contributed by atoms with van der Waals surface area (Å²) in [6, 6.07) is 3.46. The molecule has 0 unspecified atom stereocenters. The molecule has 116 valence electrons. The standard InChI is InChI=1S/C12H14F2N2O4S/c1-6(17)9(10(18)19)16-12(20)15-7-4-2-3-5-8(7)21-11(13)14/h2-6,9,11,17H,1H3,(H,18,19)(H2,15,16,20)/t6-,9+/m1/s1. The van der Waals surface area contributed by atoms with E-state index in [9.17, 15) is 23.5 Å². The van der Waals surface area contributed by atoms with E-state index < -0.39 is 29.9 Å². The molecule has 9 heteroatoms. The molecule has 0 aliphatic rings. The number of benzene rings is 1. The quantitative estimate of drug-likeness (QED) is 0.601. The average molecular weight is 320 g/mol. The van der Waals surface area contributed by atoms with Gasteiger partial charge in [0.05, 0.1) is 11.8 Å². The molecule has 0 spiro atoms. The Labute approximate surface area is 123 Å². The van der Waals surface area contributed by atoms with Crippen LogP contribution in [-0.4, -0.2) is 40.1 Å². The van der Waals surface area contributed by atoms with E-state index in [0.717, 1.165) is 0 Å². The molecule has 0 radical (unpaired) electrons. The van der Waals surface area contributed by atoms with E-state index in [4.69, 9.17) is 5.11 Å². The summed E-state index contributed by atoms with van der Waals surface area (Å²) in [6.07, 6.45) is -1.31. The van der Waals surface area contributed by atoms with E-state index in [-0.39, 0.29) is 22.3 Å². The lowest BCUT2D eigenvalue weighted by molar-refractivity contribution is -0.141. The Bertz CT molecular complexity index is 514. The van der Waals surface area contributed by atoms with Crippen molar-refractivity contribution in [3.8, 4) is 0 Å². The average Bonchev–Trinajstić information content (AvgIpc) is 2.37. The number of hydrogen-bond donors (Lipinski definition) is 4. The number of thioether (sulfide) groups is 1. The molecular weight excluding hydrogens is 306 g/mol. The number of aliphatic hydroxyl groups excluding tert-OH is 1. The minimum atomic E-state index is -2.65. The predicted octanol–water partition coefficient (Wildman–Crippen LogP) is 1.96. The number of urea groups is 1. The molecule has 0 aromatic heterocycles. The van der Waals surface area contributed by atoms with Gasteiger partial charge < -0.3 is 20.8 Å². The SMILES string of the molecule is C[C@@H](O)[C@H](NC(=O)Nc1ccccc1SC(F)F)C(=O)O. The molecule has 0 saturated carbocycles. The molecule has 0 fully saturated rings. The Morgan fingerprint density at radius 2 is 1.90 bits per heavy atom. The number of amides is 2. The Kier molecular flexibility index (Phi) is 6.38. The van der Waals surface area contributed by atoms with Gasteiger partial charge in [0.15, 0.2) is 6.04 Å². The molecule has 0 aliphatic carbocycles. The lowest BCUT2D eigenvalue weighted by Gasteiger charge is -2.18. The number of para-hydroxylation sites is 1. The number of carboxylic acids is 1. The smallest absolute Gasteiger partial charge is 0.328 e. The second kappa shape index (κ2) is 7.79. The third-order valence-electron chi connectivity index (χ3n) is 2.39. The summed E-state index contributed by atoms with van der Waals surface area (Å²) in [5, 5.41) is 22.4. The number of alkyl halides is 2. The zero-order chi connectivity index (χ0) is 16.0. The van der Waals surface area contributed by atoms with E-state index >= 15 is 0 Å². The Morgan fingerprint density at radius 3 is 2.43 bits per heavy atom. The molecule has 21 heavy (non-hydrogen) atoms. The molecule has 4 N–H and O–H groups in total. The number of carbonyl (C=O) groups is 2. The van der Waals surface area contributed by atoms with Gasteiger partial charge in [-0.15, -0.1) is 0 Å². The third kappa shape index (κ3) is 5.56. The Hall–Kier alpha value is -1.87. The number of aliphatic carboxylic acids is 1. The first kappa shape index (κ1) is 17.2. The monoisotopic (exact) mass is 320 g/mol. The first-order valence-electron chi connectivity index (χ1n) is 5.83. The zero-order valence-electron chi connectivity index (χ0n) is 10.9. The van der Waals surface area contributed by atoms with Crippen LogP contribution in [0.5, 0.6) is 0 Å². The van der Waals surface area contributed by atoms with Gasteiger partial charge in [-0.1, -0.05) is 23.9 Å². The van der Waals surface area contributed by atoms with Gasteiger partial charge in [-0.2, -0.15) is 8.78 Å². The maximum absolute atomic E-state index is 12.4. The minimum absolute atomic E-state index is 0.120. The molecule has 2 amide bonds.